The van der Waals surface area contributed by atoms with Gasteiger partial charge in [0.05, 0.1) is 6.61 Å². The van der Waals surface area contributed by atoms with Gasteiger partial charge in [0.25, 0.3) is 0 Å². The average Bonchev–Trinajstić information content (AvgIpc) is 2.87. The molecule has 0 saturated heterocycles. The van der Waals surface area contributed by atoms with Crippen LogP contribution < -0.4 is 10.1 Å². The van der Waals surface area contributed by atoms with Gasteiger partial charge in [-0.05, 0) is 61.1 Å². The molecule has 0 aliphatic carbocycles. The molecule has 112 valence electrons. The fourth-order valence-electron chi connectivity index (χ4n) is 3.10. The summed E-state index contributed by atoms with van der Waals surface area (Å²) in [6.45, 7) is 5.24. The summed E-state index contributed by atoms with van der Waals surface area (Å²) in [7, 11) is 0. The van der Waals surface area contributed by atoms with E-state index in [2.05, 4.69) is 54.2 Å². The van der Waals surface area contributed by atoms with Crippen LogP contribution in [0, 0.1) is 6.92 Å². The van der Waals surface area contributed by atoms with Gasteiger partial charge < -0.3 is 10.1 Å². The van der Waals surface area contributed by atoms with Crippen LogP contribution in [-0.4, -0.2) is 12.6 Å². The summed E-state index contributed by atoms with van der Waals surface area (Å²) in [6, 6.07) is 9.57. The predicted octanol–water partition coefficient (Wildman–Crippen LogP) is 4.49. The molecule has 2 atom stereocenters. The van der Waals surface area contributed by atoms with E-state index in [1.807, 2.05) is 0 Å². The standard InChI is InChI=1S/C18H23NOS/c1-13-5-3-6-16-17(7-4-9-20-18(13)16)19-14(2)11-15-8-10-21-12-15/h3,5-6,8,10,12,14,17,19H,4,7,9,11H2,1-2H3. The Morgan fingerprint density at radius 1 is 1.38 bits per heavy atom. The minimum Gasteiger partial charge on any atom is -0.493 e. The minimum absolute atomic E-state index is 0.399. The highest BCUT2D eigenvalue weighted by Crippen LogP contribution is 2.34. The first-order valence-electron chi connectivity index (χ1n) is 7.73. The molecule has 2 nitrogen and oxygen atoms in total. The van der Waals surface area contributed by atoms with Crippen molar-refractivity contribution in [3.8, 4) is 5.75 Å². The van der Waals surface area contributed by atoms with Gasteiger partial charge in [0.1, 0.15) is 5.75 Å². The number of hydrogen-bond donors (Lipinski definition) is 1. The predicted molar refractivity (Wildman–Crippen MR) is 89.3 cm³/mol. The summed E-state index contributed by atoms with van der Waals surface area (Å²) < 4.78 is 5.96. The Kier molecular flexibility index (Phi) is 4.61. The number of thiophene rings is 1. The first-order valence-corrected chi connectivity index (χ1v) is 8.68. The monoisotopic (exact) mass is 301 g/mol. The summed E-state index contributed by atoms with van der Waals surface area (Å²) in [6.07, 6.45) is 3.34. The fraction of sp³-hybridized carbons (Fsp3) is 0.444. The van der Waals surface area contributed by atoms with Crippen LogP contribution in [-0.2, 0) is 6.42 Å². The van der Waals surface area contributed by atoms with Crippen LogP contribution in [0.25, 0.3) is 0 Å². The molecule has 0 spiro atoms. The van der Waals surface area contributed by atoms with Crippen molar-refractivity contribution in [1.29, 1.82) is 0 Å². The Balaban J connectivity index is 1.74. The molecule has 3 heteroatoms. The molecule has 2 unspecified atom stereocenters. The molecule has 21 heavy (non-hydrogen) atoms. The maximum Gasteiger partial charge on any atom is 0.126 e. The van der Waals surface area contributed by atoms with Crippen LogP contribution in [0.4, 0.5) is 0 Å². The molecule has 1 N–H and O–H groups in total. The molecule has 0 bridgehead atoms. The Hall–Kier alpha value is -1.32. The fourth-order valence-corrected chi connectivity index (χ4v) is 3.78. The number of benzene rings is 1. The van der Waals surface area contributed by atoms with Crippen LogP contribution in [0.5, 0.6) is 5.75 Å². The largest absolute Gasteiger partial charge is 0.493 e. The van der Waals surface area contributed by atoms with Crippen LogP contribution in [0.15, 0.2) is 35.0 Å². The van der Waals surface area contributed by atoms with Gasteiger partial charge in [-0.25, -0.2) is 0 Å². The van der Waals surface area contributed by atoms with Gasteiger partial charge in [0, 0.05) is 17.6 Å². The van der Waals surface area contributed by atoms with Crippen LogP contribution in [0.3, 0.4) is 0 Å². The second kappa shape index (κ2) is 6.63. The summed E-state index contributed by atoms with van der Waals surface area (Å²) >= 11 is 1.77. The molecule has 3 rings (SSSR count). The quantitative estimate of drug-likeness (QED) is 0.898. The number of aryl methyl sites for hydroxylation is 1. The second-order valence-corrected chi connectivity index (χ2v) is 6.72. The van der Waals surface area contributed by atoms with E-state index in [4.69, 9.17) is 4.74 Å². The van der Waals surface area contributed by atoms with E-state index in [1.165, 1.54) is 16.7 Å². The molecule has 2 aromatic rings. The molecule has 1 aliphatic heterocycles. The molecule has 0 amide bonds. The molecule has 1 aromatic carbocycles. The Morgan fingerprint density at radius 3 is 3.10 bits per heavy atom. The van der Waals surface area contributed by atoms with Gasteiger partial charge in [-0.2, -0.15) is 11.3 Å². The van der Waals surface area contributed by atoms with E-state index in [-0.39, 0.29) is 0 Å². The van der Waals surface area contributed by atoms with Crippen molar-refractivity contribution >= 4 is 11.3 Å². The van der Waals surface area contributed by atoms with Crippen molar-refractivity contribution in [2.45, 2.75) is 45.2 Å². The van der Waals surface area contributed by atoms with Crippen molar-refractivity contribution in [3.63, 3.8) is 0 Å². The van der Waals surface area contributed by atoms with Crippen molar-refractivity contribution in [2.75, 3.05) is 6.61 Å². The molecule has 2 heterocycles. The lowest BCUT2D eigenvalue weighted by Crippen LogP contribution is -2.32. The molecule has 0 saturated carbocycles. The van der Waals surface area contributed by atoms with Crippen molar-refractivity contribution in [2.24, 2.45) is 0 Å². The van der Waals surface area contributed by atoms with Gasteiger partial charge in [0.2, 0.25) is 0 Å². The summed E-state index contributed by atoms with van der Waals surface area (Å²) in [5.41, 5.74) is 3.99. The van der Waals surface area contributed by atoms with Gasteiger partial charge in [-0.1, -0.05) is 18.2 Å². The Bertz CT molecular complexity index is 579. The minimum atomic E-state index is 0.399. The highest BCUT2D eigenvalue weighted by molar-refractivity contribution is 7.07. The first-order chi connectivity index (χ1) is 10.2. The third kappa shape index (κ3) is 3.47. The SMILES string of the molecule is Cc1cccc2c1OCCCC2NC(C)Cc1ccsc1. The van der Waals surface area contributed by atoms with Gasteiger partial charge in [-0.15, -0.1) is 0 Å². The summed E-state index contributed by atoms with van der Waals surface area (Å²) in [5.74, 6) is 1.09. The van der Waals surface area contributed by atoms with Crippen LogP contribution >= 0.6 is 11.3 Å². The van der Waals surface area contributed by atoms with E-state index in [1.54, 1.807) is 11.3 Å². The number of nitrogens with one attached hydrogen (secondary N) is 1. The first kappa shape index (κ1) is 14.6. The zero-order chi connectivity index (χ0) is 14.7. The Morgan fingerprint density at radius 2 is 2.29 bits per heavy atom. The average molecular weight is 301 g/mol. The molecule has 1 aliphatic rings. The number of hydrogen-bond acceptors (Lipinski definition) is 3. The van der Waals surface area contributed by atoms with Gasteiger partial charge >= 0.3 is 0 Å². The van der Waals surface area contributed by atoms with E-state index < -0.39 is 0 Å². The normalized spacial score (nSPS) is 19.4. The van der Waals surface area contributed by atoms with Gasteiger partial charge in [0.15, 0.2) is 0 Å². The topological polar surface area (TPSA) is 21.3 Å². The lowest BCUT2D eigenvalue weighted by molar-refractivity contribution is 0.312. The summed E-state index contributed by atoms with van der Waals surface area (Å²) in [5, 5.41) is 8.20. The Labute approximate surface area is 131 Å². The zero-order valence-electron chi connectivity index (χ0n) is 12.8. The lowest BCUT2D eigenvalue weighted by Gasteiger charge is -2.23. The third-order valence-electron chi connectivity index (χ3n) is 4.11. The van der Waals surface area contributed by atoms with Crippen molar-refractivity contribution in [3.05, 3.63) is 51.7 Å². The highest BCUT2D eigenvalue weighted by Gasteiger charge is 2.22. The second-order valence-electron chi connectivity index (χ2n) is 5.94. The molecule has 0 radical (unpaired) electrons. The summed E-state index contributed by atoms with van der Waals surface area (Å²) in [4.78, 5) is 0. The smallest absolute Gasteiger partial charge is 0.126 e. The van der Waals surface area contributed by atoms with Crippen LogP contribution in [0.1, 0.15) is 42.5 Å². The maximum atomic E-state index is 5.96. The third-order valence-corrected chi connectivity index (χ3v) is 4.84. The number of rotatable bonds is 4. The van der Waals surface area contributed by atoms with Crippen LogP contribution in [0.2, 0.25) is 0 Å². The molecule has 0 fully saturated rings. The molecular formula is C18H23NOS. The number of fused-ring (bicyclic) bond motifs is 1. The molecular weight excluding hydrogens is 278 g/mol. The van der Waals surface area contributed by atoms with E-state index >= 15 is 0 Å². The van der Waals surface area contributed by atoms with E-state index in [0.29, 0.717) is 12.1 Å². The highest BCUT2D eigenvalue weighted by atomic mass is 32.1. The van der Waals surface area contributed by atoms with Gasteiger partial charge in [-0.3, -0.25) is 0 Å². The zero-order valence-corrected chi connectivity index (χ0v) is 13.6. The van der Waals surface area contributed by atoms with E-state index in [0.717, 1.165) is 31.6 Å². The lowest BCUT2D eigenvalue weighted by atomic mass is 9.98. The molecule has 1 aromatic heterocycles. The number of ether oxygens (including phenoxy) is 1. The van der Waals surface area contributed by atoms with Crippen molar-refractivity contribution in [1.82, 2.24) is 5.32 Å². The maximum absolute atomic E-state index is 5.96. The van der Waals surface area contributed by atoms with Crippen molar-refractivity contribution < 1.29 is 4.74 Å². The van der Waals surface area contributed by atoms with E-state index in [9.17, 15) is 0 Å². The number of para-hydroxylation sites is 1.